The summed E-state index contributed by atoms with van der Waals surface area (Å²) in [7, 11) is 1.72. The van der Waals surface area contributed by atoms with E-state index < -0.39 is 0 Å². The number of ether oxygens (including phenoxy) is 2. The first-order valence-electron chi connectivity index (χ1n) is 10.8. The number of para-hydroxylation sites is 1. The first-order valence-corrected chi connectivity index (χ1v) is 10.8. The van der Waals surface area contributed by atoms with Crippen molar-refractivity contribution in [3.63, 3.8) is 0 Å². The Morgan fingerprint density at radius 1 is 0.935 bits per heavy atom. The molecule has 3 aromatic rings. The second-order valence-corrected chi connectivity index (χ2v) is 8.31. The summed E-state index contributed by atoms with van der Waals surface area (Å²) in [5.41, 5.74) is 1.46. The quantitative estimate of drug-likeness (QED) is 0.630. The van der Waals surface area contributed by atoms with E-state index in [1.54, 1.807) is 11.6 Å². The molecule has 0 bridgehead atoms. The monoisotopic (exact) mass is 415 g/mol. The van der Waals surface area contributed by atoms with Gasteiger partial charge in [-0.05, 0) is 37.1 Å². The van der Waals surface area contributed by atoms with Crippen LogP contribution in [0.4, 0.5) is 5.69 Å². The van der Waals surface area contributed by atoms with Gasteiger partial charge in [0.1, 0.15) is 29.2 Å². The van der Waals surface area contributed by atoms with Crippen molar-refractivity contribution in [2.75, 3.05) is 18.0 Å². The molecule has 2 aliphatic rings. The maximum Gasteiger partial charge on any atom is 0.270 e. The molecule has 1 saturated heterocycles. The van der Waals surface area contributed by atoms with Crippen molar-refractivity contribution < 1.29 is 9.47 Å². The predicted octanol–water partition coefficient (Wildman–Crippen LogP) is 4.00. The summed E-state index contributed by atoms with van der Waals surface area (Å²) in [6.07, 6.45) is 4.24. The molecule has 6 heteroatoms. The number of piperidine rings is 1. The molecule has 0 spiro atoms. The summed E-state index contributed by atoms with van der Waals surface area (Å²) in [5, 5.41) is 10.7. The van der Waals surface area contributed by atoms with Crippen molar-refractivity contribution >= 4 is 16.6 Å². The van der Waals surface area contributed by atoms with Gasteiger partial charge in [0, 0.05) is 44.4 Å². The summed E-state index contributed by atoms with van der Waals surface area (Å²) in [6, 6.07) is 17.9. The van der Waals surface area contributed by atoms with Crippen LogP contribution in [0.15, 0.2) is 53.3 Å². The highest BCUT2D eigenvalue weighted by Gasteiger charge is 2.27. The molecule has 0 N–H and O–H groups in total. The zero-order valence-electron chi connectivity index (χ0n) is 17.6. The van der Waals surface area contributed by atoms with Crippen LogP contribution in [0.2, 0.25) is 0 Å². The molecular formula is C25H25N3O3. The van der Waals surface area contributed by atoms with E-state index in [1.165, 1.54) is 0 Å². The number of hydrogen-bond acceptors (Lipinski definition) is 5. The Morgan fingerprint density at radius 3 is 2.29 bits per heavy atom. The van der Waals surface area contributed by atoms with Crippen molar-refractivity contribution in [3.05, 3.63) is 64.4 Å². The molecule has 0 amide bonds. The van der Waals surface area contributed by atoms with E-state index in [-0.39, 0.29) is 23.3 Å². The third kappa shape index (κ3) is 3.84. The van der Waals surface area contributed by atoms with Crippen molar-refractivity contribution in [1.82, 2.24) is 4.57 Å². The van der Waals surface area contributed by atoms with E-state index in [1.807, 2.05) is 48.5 Å². The standard InChI is InChI=1S/C25H25N3O3/c1-27-23-15-20(31-18-7-8-18)9-10-21(23)24(22(16-26)25(27)29)28-13-11-19(12-14-28)30-17-5-3-2-4-6-17/h2-6,9-10,15,18-19H,7-8,11-14H2,1H3. The van der Waals surface area contributed by atoms with Crippen molar-refractivity contribution in [2.45, 2.75) is 37.9 Å². The Balaban J connectivity index is 1.45. The second kappa shape index (κ2) is 7.99. The van der Waals surface area contributed by atoms with Crippen molar-refractivity contribution in [2.24, 2.45) is 7.05 Å². The van der Waals surface area contributed by atoms with Gasteiger partial charge in [-0.3, -0.25) is 4.79 Å². The van der Waals surface area contributed by atoms with E-state index in [2.05, 4.69) is 11.0 Å². The zero-order valence-corrected chi connectivity index (χ0v) is 17.6. The summed E-state index contributed by atoms with van der Waals surface area (Å²) in [4.78, 5) is 15.1. The highest BCUT2D eigenvalue weighted by Crippen LogP contribution is 2.34. The molecule has 31 heavy (non-hydrogen) atoms. The molecule has 2 aromatic carbocycles. The maximum absolute atomic E-state index is 13.0. The molecule has 6 nitrogen and oxygen atoms in total. The molecule has 1 saturated carbocycles. The first kappa shape index (κ1) is 19.5. The van der Waals surface area contributed by atoms with Crippen LogP contribution in [0.3, 0.4) is 0 Å². The molecule has 0 radical (unpaired) electrons. The van der Waals surface area contributed by atoms with Crippen LogP contribution in [0.1, 0.15) is 31.2 Å². The van der Waals surface area contributed by atoms with Gasteiger partial charge in [-0.15, -0.1) is 0 Å². The molecule has 1 aromatic heterocycles. The third-order valence-corrected chi connectivity index (χ3v) is 6.08. The minimum absolute atomic E-state index is 0.125. The van der Waals surface area contributed by atoms with Crippen LogP contribution in [0, 0.1) is 11.3 Å². The lowest BCUT2D eigenvalue weighted by Crippen LogP contribution is -2.40. The lowest BCUT2D eigenvalue weighted by molar-refractivity contribution is 0.171. The fraction of sp³-hybridized carbons (Fsp3) is 0.360. The number of anilines is 1. The number of nitriles is 1. The number of aromatic nitrogens is 1. The van der Waals surface area contributed by atoms with E-state index >= 15 is 0 Å². The van der Waals surface area contributed by atoms with Gasteiger partial charge >= 0.3 is 0 Å². The van der Waals surface area contributed by atoms with Crippen LogP contribution < -0.4 is 19.9 Å². The van der Waals surface area contributed by atoms with E-state index in [0.717, 1.165) is 66.9 Å². The second-order valence-electron chi connectivity index (χ2n) is 8.31. The lowest BCUT2D eigenvalue weighted by atomic mass is 10.0. The minimum atomic E-state index is -0.267. The predicted molar refractivity (Wildman–Crippen MR) is 120 cm³/mol. The SMILES string of the molecule is Cn1c(=O)c(C#N)c(N2CCC(Oc3ccccc3)CC2)c2ccc(OC3CC3)cc21. The number of nitrogens with zero attached hydrogens (tertiary/aromatic N) is 3. The van der Waals surface area contributed by atoms with Crippen molar-refractivity contribution in [1.29, 1.82) is 5.26 Å². The normalized spacial score (nSPS) is 16.8. The molecular weight excluding hydrogens is 390 g/mol. The fourth-order valence-corrected chi connectivity index (χ4v) is 4.27. The van der Waals surface area contributed by atoms with E-state index in [4.69, 9.17) is 9.47 Å². The average Bonchev–Trinajstić information content (AvgIpc) is 3.62. The Bertz CT molecular complexity index is 1200. The van der Waals surface area contributed by atoms with Gasteiger partial charge in [0.15, 0.2) is 0 Å². The van der Waals surface area contributed by atoms with Gasteiger partial charge in [0.2, 0.25) is 0 Å². The summed E-state index contributed by atoms with van der Waals surface area (Å²) >= 11 is 0. The molecule has 5 rings (SSSR count). The molecule has 2 fully saturated rings. The molecule has 1 aliphatic carbocycles. The molecule has 0 atom stereocenters. The van der Waals surface area contributed by atoms with E-state index in [0.29, 0.717) is 0 Å². The van der Waals surface area contributed by atoms with Gasteiger partial charge in [-0.2, -0.15) is 5.26 Å². The average molecular weight is 415 g/mol. The Kier molecular flexibility index (Phi) is 5.03. The van der Waals surface area contributed by atoms with Crippen LogP contribution in [-0.2, 0) is 7.05 Å². The van der Waals surface area contributed by atoms with Crippen LogP contribution in [-0.4, -0.2) is 29.9 Å². The Labute approximate surface area is 181 Å². The summed E-state index contributed by atoms with van der Waals surface area (Å²) in [6.45, 7) is 1.46. The molecule has 1 aliphatic heterocycles. The van der Waals surface area contributed by atoms with Crippen LogP contribution >= 0.6 is 0 Å². The third-order valence-electron chi connectivity index (χ3n) is 6.08. The lowest BCUT2D eigenvalue weighted by Gasteiger charge is -2.35. The smallest absolute Gasteiger partial charge is 0.270 e. The molecule has 2 heterocycles. The summed E-state index contributed by atoms with van der Waals surface area (Å²) < 4.78 is 13.6. The summed E-state index contributed by atoms with van der Waals surface area (Å²) in [5.74, 6) is 1.65. The maximum atomic E-state index is 13.0. The molecule has 0 unspecified atom stereocenters. The Morgan fingerprint density at radius 2 is 1.61 bits per heavy atom. The van der Waals surface area contributed by atoms with Gasteiger partial charge in [0.05, 0.1) is 17.3 Å². The highest BCUT2D eigenvalue weighted by atomic mass is 16.5. The highest BCUT2D eigenvalue weighted by molar-refractivity contribution is 5.95. The number of pyridine rings is 1. The van der Waals surface area contributed by atoms with E-state index in [9.17, 15) is 10.1 Å². The van der Waals surface area contributed by atoms with Gasteiger partial charge < -0.3 is 18.9 Å². The number of benzene rings is 2. The number of hydrogen-bond donors (Lipinski definition) is 0. The number of aryl methyl sites for hydroxylation is 1. The minimum Gasteiger partial charge on any atom is -0.490 e. The van der Waals surface area contributed by atoms with Gasteiger partial charge in [-0.25, -0.2) is 0 Å². The van der Waals surface area contributed by atoms with Gasteiger partial charge in [0.25, 0.3) is 5.56 Å². The largest absolute Gasteiger partial charge is 0.490 e. The zero-order chi connectivity index (χ0) is 21.4. The number of fused-ring (bicyclic) bond motifs is 1. The Hall–Kier alpha value is -3.46. The fourth-order valence-electron chi connectivity index (χ4n) is 4.27. The topological polar surface area (TPSA) is 67.5 Å². The van der Waals surface area contributed by atoms with Crippen LogP contribution in [0.5, 0.6) is 11.5 Å². The van der Waals surface area contributed by atoms with Crippen LogP contribution in [0.25, 0.3) is 10.9 Å². The van der Waals surface area contributed by atoms with Crippen molar-refractivity contribution in [3.8, 4) is 17.6 Å². The molecule has 158 valence electrons. The first-order chi connectivity index (χ1) is 15.1. The van der Waals surface area contributed by atoms with Gasteiger partial charge in [-0.1, -0.05) is 18.2 Å². The number of rotatable bonds is 5.